The van der Waals surface area contributed by atoms with Gasteiger partial charge in [-0.1, -0.05) is 50.4 Å². The van der Waals surface area contributed by atoms with E-state index in [-0.39, 0.29) is 10.9 Å². The summed E-state index contributed by atoms with van der Waals surface area (Å²) in [6.45, 7) is 7.76. The zero-order valence-electron chi connectivity index (χ0n) is 10.8. The maximum atomic E-state index is 11.8. The number of thioether (sulfide) groups is 1. The summed E-state index contributed by atoms with van der Waals surface area (Å²) in [6.07, 6.45) is 7.68. The van der Waals surface area contributed by atoms with E-state index in [0.717, 1.165) is 12.8 Å². The normalized spacial score (nSPS) is 24.5. The number of rotatable bonds is 7. The standard InChI is InChI=1S/C14H22O2S/c1-4-6-7-8-10-14(3)12(15)11(9-5-2)13(16)17-14/h5,15H,2,4,6-10H2,1,3H3. The van der Waals surface area contributed by atoms with Crippen LogP contribution in [-0.2, 0) is 4.79 Å². The summed E-state index contributed by atoms with van der Waals surface area (Å²) in [4.78, 5) is 11.8. The topological polar surface area (TPSA) is 37.3 Å². The minimum Gasteiger partial charge on any atom is -0.510 e. The van der Waals surface area contributed by atoms with Crippen LogP contribution in [0, 0.1) is 0 Å². The fourth-order valence-electron chi connectivity index (χ4n) is 2.11. The van der Waals surface area contributed by atoms with Crippen LogP contribution >= 0.6 is 11.8 Å². The third-order valence-corrected chi connectivity index (χ3v) is 4.49. The van der Waals surface area contributed by atoms with Crippen molar-refractivity contribution in [2.24, 2.45) is 0 Å². The predicted molar refractivity (Wildman–Crippen MR) is 74.2 cm³/mol. The average Bonchev–Trinajstić information content (AvgIpc) is 2.50. The van der Waals surface area contributed by atoms with Gasteiger partial charge in [0.1, 0.15) is 5.76 Å². The highest BCUT2D eigenvalue weighted by molar-refractivity contribution is 8.15. The molecule has 1 rings (SSSR count). The van der Waals surface area contributed by atoms with Crippen molar-refractivity contribution in [1.82, 2.24) is 0 Å². The minimum absolute atomic E-state index is 0.0143. The van der Waals surface area contributed by atoms with Crippen LogP contribution in [0.3, 0.4) is 0 Å². The lowest BCUT2D eigenvalue weighted by Gasteiger charge is -2.22. The van der Waals surface area contributed by atoms with Gasteiger partial charge >= 0.3 is 0 Å². The zero-order chi connectivity index (χ0) is 12.9. The number of hydrogen-bond acceptors (Lipinski definition) is 3. The Kier molecular flexibility index (Phi) is 5.31. The van der Waals surface area contributed by atoms with Crippen molar-refractivity contribution in [2.45, 2.75) is 57.1 Å². The van der Waals surface area contributed by atoms with E-state index in [1.807, 2.05) is 6.92 Å². The molecule has 0 aromatic carbocycles. The number of aliphatic hydroxyl groups excluding tert-OH is 1. The summed E-state index contributed by atoms with van der Waals surface area (Å²) in [5.74, 6) is 0.281. The van der Waals surface area contributed by atoms with Crippen LogP contribution in [0.4, 0.5) is 0 Å². The predicted octanol–water partition coefficient (Wildman–Crippen LogP) is 4.38. The molecule has 0 bridgehead atoms. The molecule has 0 saturated carbocycles. The molecule has 17 heavy (non-hydrogen) atoms. The van der Waals surface area contributed by atoms with Crippen LogP contribution in [0.2, 0.25) is 0 Å². The minimum atomic E-state index is -0.400. The van der Waals surface area contributed by atoms with E-state index in [1.165, 1.54) is 31.0 Å². The monoisotopic (exact) mass is 254 g/mol. The van der Waals surface area contributed by atoms with Crippen molar-refractivity contribution in [2.75, 3.05) is 0 Å². The van der Waals surface area contributed by atoms with Gasteiger partial charge in [-0.25, -0.2) is 0 Å². The van der Waals surface area contributed by atoms with E-state index < -0.39 is 4.75 Å². The molecular formula is C14H22O2S. The highest BCUT2D eigenvalue weighted by atomic mass is 32.2. The van der Waals surface area contributed by atoms with Crippen LogP contribution in [0.25, 0.3) is 0 Å². The molecule has 1 aliphatic rings. The van der Waals surface area contributed by atoms with Crippen LogP contribution in [0.1, 0.15) is 52.4 Å². The molecule has 0 radical (unpaired) electrons. The SMILES string of the molecule is C=CCC1=C(O)C(C)(CCCCCC)SC1=O. The third kappa shape index (κ3) is 3.38. The average molecular weight is 254 g/mol. The molecule has 1 N–H and O–H groups in total. The smallest absolute Gasteiger partial charge is 0.220 e. The highest BCUT2D eigenvalue weighted by Gasteiger charge is 2.42. The van der Waals surface area contributed by atoms with E-state index in [0.29, 0.717) is 12.0 Å². The number of aliphatic hydroxyl groups is 1. The maximum Gasteiger partial charge on any atom is 0.220 e. The molecular weight excluding hydrogens is 232 g/mol. The van der Waals surface area contributed by atoms with Crippen LogP contribution in [-0.4, -0.2) is 15.0 Å². The molecule has 2 nitrogen and oxygen atoms in total. The summed E-state index contributed by atoms with van der Waals surface area (Å²) in [6, 6.07) is 0. The molecule has 1 aliphatic heterocycles. The lowest BCUT2D eigenvalue weighted by atomic mass is 9.96. The number of unbranched alkanes of at least 4 members (excludes halogenated alkanes) is 3. The molecule has 0 aliphatic carbocycles. The number of allylic oxidation sites excluding steroid dienone is 1. The Morgan fingerprint density at radius 3 is 2.71 bits per heavy atom. The Morgan fingerprint density at radius 1 is 1.41 bits per heavy atom. The molecule has 0 spiro atoms. The van der Waals surface area contributed by atoms with Crippen molar-refractivity contribution in [3.63, 3.8) is 0 Å². The van der Waals surface area contributed by atoms with E-state index in [4.69, 9.17) is 0 Å². The van der Waals surface area contributed by atoms with Gasteiger partial charge in [-0.05, 0) is 19.8 Å². The Labute approximate surface area is 108 Å². The Morgan fingerprint density at radius 2 is 2.12 bits per heavy atom. The quantitative estimate of drug-likeness (QED) is 0.541. The van der Waals surface area contributed by atoms with Crippen molar-refractivity contribution in [1.29, 1.82) is 0 Å². The first-order chi connectivity index (χ1) is 8.05. The molecule has 0 saturated heterocycles. The van der Waals surface area contributed by atoms with Crippen LogP contribution < -0.4 is 0 Å². The van der Waals surface area contributed by atoms with Gasteiger partial charge in [-0.2, -0.15) is 0 Å². The van der Waals surface area contributed by atoms with Gasteiger partial charge < -0.3 is 5.11 Å². The van der Waals surface area contributed by atoms with E-state index >= 15 is 0 Å². The largest absolute Gasteiger partial charge is 0.510 e. The Hall–Kier alpha value is -0.700. The van der Waals surface area contributed by atoms with Gasteiger partial charge in [0, 0.05) is 5.57 Å². The second-order valence-corrected chi connectivity index (χ2v) is 6.23. The number of hydrogen-bond donors (Lipinski definition) is 1. The first-order valence-electron chi connectivity index (χ1n) is 6.32. The first-order valence-corrected chi connectivity index (χ1v) is 7.13. The fraction of sp³-hybridized carbons (Fsp3) is 0.643. The second-order valence-electron chi connectivity index (χ2n) is 4.75. The lowest BCUT2D eigenvalue weighted by molar-refractivity contribution is -0.107. The van der Waals surface area contributed by atoms with Crippen molar-refractivity contribution >= 4 is 16.9 Å². The summed E-state index contributed by atoms with van der Waals surface area (Å²) < 4.78 is -0.400. The molecule has 0 aromatic rings. The van der Waals surface area contributed by atoms with E-state index in [2.05, 4.69) is 13.5 Å². The summed E-state index contributed by atoms with van der Waals surface area (Å²) >= 11 is 1.27. The van der Waals surface area contributed by atoms with Crippen molar-refractivity contribution in [3.05, 3.63) is 24.0 Å². The van der Waals surface area contributed by atoms with Gasteiger partial charge in [0.05, 0.1) is 4.75 Å². The maximum absolute atomic E-state index is 11.8. The van der Waals surface area contributed by atoms with E-state index in [9.17, 15) is 9.90 Å². The second kappa shape index (κ2) is 6.29. The van der Waals surface area contributed by atoms with Crippen LogP contribution in [0.5, 0.6) is 0 Å². The molecule has 1 heterocycles. The van der Waals surface area contributed by atoms with Gasteiger partial charge in [0.25, 0.3) is 0 Å². The van der Waals surface area contributed by atoms with Gasteiger partial charge in [0.2, 0.25) is 5.12 Å². The summed E-state index contributed by atoms with van der Waals surface area (Å²) in [7, 11) is 0. The molecule has 0 fully saturated rings. The van der Waals surface area contributed by atoms with Gasteiger partial charge in [-0.3, -0.25) is 4.79 Å². The Bertz CT molecular complexity index is 333. The number of carbonyl (C=O) groups is 1. The lowest BCUT2D eigenvalue weighted by Crippen LogP contribution is -2.20. The molecule has 1 atom stereocenters. The molecule has 96 valence electrons. The highest BCUT2D eigenvalue weighted by Crippen LogP contribution is 2.46. The van der Waals surface area contributed by atoms with Crippen molar-refractivity contribution < 1.29 is 9.90 Å². The van der Waals surface area contributed by atoms with Gasteiger partial charge in [0.15, 0.2) is 0 Å². The molecule has 0 amide bonds. The van der Waals surface area contributed by atoms with Crippen LogP contribution in [0.15, 0.2) is 24.0 Å². The molecule has 0 aromatic heterocycles. The molecule has 3 heteroatoms. The first kappa shape index (κ1) is 14.4. The van der Waals surface area contributed by atoms with Gasteiger partial charge in [-0.15, -0.1) is 6.58 Å². The Balaban J connectivity index is 2.64. The summed E-state index contributed by atoms with van der Waals surface area (Å²) in [5.41, 5.74) is 0.544. The summed E-state index contributed by atoms with van der Waals surface area (Å²) in [5, 5.41) is 10.2. The molecule has 1 unspecified atom stereocenters. The van der Waals surface area contributed by atoms with E-state index in [1.54, 1.807) is 6.08 Å². The third-order valence-electron chi connectivity index (χ3n) is 3.21. The fourth-order valence-corrected chi connectivity index (χ4v) is 3.29. The van der Waals surface area contributed by atoms with Crippen molar-refractivity contribution in [3.8, 4) is 0 Å². The number of carbonyl (C=O) groups excluding carboxylic acids is 1. The zero-order valence-corrected chi connectivity index (χ0v) is 11.6.